The Morgan fingerprint density at radius 1 is 1.32 bits per heavy atom. The number of aromatic nitrogens is 1. The summed E-state index contributed by atoms with van der Waals surface area (Å²) in [5, 5.41) is 3.37. The average Bonchev–Trinajstić information content (AvgIpc) is 3.21. The fourth-order valence-corrected chi connectivity index (χ4v) is 2.38. The molecule has 0 bridgehead atoms. The molecule has 0 radical (unpaired) electrons. The smallest absolute Gasteiger partial charge is 0.128 e. The zero-order valence-corrected chi connectivity index (χ0v) is 12.6. The van der Waals surface area contributed by atoms with Crippen LogP contribution in [0.25, 0.3) is 0 Å². The highest BCUT2D eigenvalue weighted by atomic mass is 15.2. The molecule has 1 saturated carbocycles. The first-order valence-electron chi connectivity index (χ1n) is 7.66. The van der Waals surface area contributed by atoms with Crippen molar-refractivity contribution in [1.29, 1.82) is 0 Å². The highest BCUT2D eigenvalue weighted by Gasteiger charge is 2.24. The summed E-state index contributed by atoms with van der Waals surface area (Å²) in [6.07, 6.45) is 3.99. The van der Waals surface area contributed by atoms with Crippen LogP contribution in [0.1, 0.15) is 44.4 Å². The lowest BCUT2D eigenvalue weighted by atomic mass is 10.2. The van der Waals surface area contributed by atoms with Crippen LogP contribution in [0.15, 0.2) is 12.1 Å². The van der Waals surface area contributed by atoms with Crippen LogP contribution < -0.4 is 10.2 Å². The average molecular weight is 261 g/mol. The highest BCUT2D eigenvalue weighted by molar-refractivity contribution is 5.42. The number of pyridine rings is 1. The molecular formula is C16H27N3. The Kier molecular flexibility index (Phi) is 5.20. The first kappa shape index (κ1) is 14.3. The van der Waals surface area contributed by atoms with Crippen molar-refractivity contribution in [2.24, 2.45) is 5.92 Å². The van der Waals surface area contributed by atoms with Gasteiger partial charge in [0, 0.05) is 25.3 Å². The number of nitrogens with one attached hydrogen (secondary N) is 1. The van der Waals surface area contributed by atoms with E-state index in [-0.39, 0.29) is 0 Å². The van der Waals surface area contributed by atoms with Crippen molar-refractivity contribution < 1.29 is 0 Å². The molecule has 3 nitrogen and oxygen atoms in total. The monoisotopic (exact) mass is 261 g/mol. The third-order valence-corrected chi connectivity index (χ3v) is 3.74. The molecule has 19 heavy (non-hydrogen) atoms. The van der Waals surface area contributed by atoms with E-state index in [1.165, 1.54) is 31.4 Å². The molecule has 1 aliphatic carbocycles. The van der Waals surface area contributed by atoms with Gasteiger partial charge < -0.3 is 10.2 Å². The van der Waals surface area contributed by atoms with Crippen molar-refractivity contribution >= 4 is 5.82 Å². The van der Waals surface area contributed by atoms with Gasteiger partial charge in [-0.3, -0.25) is 0 Å². The van der Waals surface area contributed by atoms with Gasteiger partial charge >= 0.3 is 0 Å². The minimum Gasteiger partial charge on any atom is -0.356 e. The molecule has 0 unspecified atom stereocenters. The molecule has 0 aromatic carbocycles. The van der Waals surface area contributed by atoms with Crippen LogP contribution in [0.5, 0.6) is 0 Å². The Balaban J connectivity index is 2.06. The van der Waals surface area contributed by atoms with Crippen molar-refractivity contribution in [2.45, 2.75) is 46.6 Å². The summed E-state index contributed by atoms with van der Waals surface area (Å²) in [6.45, 7) is 10.7. The first-order chi connectivity index (χ1) is 9.24. The normalized spacial score (nSPS) is 14.7. The van der Waals surface area contributed by atoms with Crippen LogP contribution in [0.2, 0.25) is 0 Å². The minimum atomic E-state index is 0.912. The predicted octanol–water partition coefficient (Wildman–Crippen LogP) is 3.13. The third kappa shape index (κ3) is 4.20. The number of hydrogen-bond donors (Lipinski definition) is 1. The SMILES string of the molecule is CCCN(CC1CC1)c1ccc(CNCC)c(C)n1. The van der Waals surface area contributed by atoms with E-state index in [1.807, 2.05) is 0 Å². The lowest BCUT2D eigenvalue weighted by Crippen LogP contribution is -2.27. The molecule has 1 aliphatic rings. The van der Waals surface area contributed by atoms with Crippen LogP contribution in [0.3, 0.4) is 0 Å². The Labute approximate surface area is 117 Å². The maximum atomic E-state index is 4.81. The Morgan fingerprint density at radius 3 is 2.68 bits per heavy atom. The number of aryl methyl sites for hydroxylation is 1. The minimum absolute atomic E-state index is 0.912. The van der Waals surface area contributed by atoms with Gasteiger partial charge in [-0.2, -0.15) is 0 Å². The molecule has 2 rings (SSSR count). The van der Waals surface area contributed by atoms with Crippen molar-refractivity contribution in [3.63, 3.8) is 0 Å². The molecule has 1 aromatic rings. The van der Waals surface area contributed by atoms with Gasteiger partial charge in [0.2, 0.25) is 0 Å². The maximum absolute atomic E-state index is 4.81. The number of hydrogen-bond acceptors (Lipinski definition) is 3. The van der Waals surface area contributed by atoms with E-state index in [4.69, 9.17) is 4.98 Å². The van der Waals surface area contributed by atoms with E-state index in [2.05, 4.69) is 43.1 Å². The Morgan fingerprint density at radius 2 is 2.11 bits per heavy atom. The first-order valence-corrected chi connectivity index (χ1v) is 7.66. The van der Waals surface area contributed by atoms with Crippen molar-refractivity contribution in [3.05, 3.63) is 23.4 Å². The topological polar surface area (TPSA) is 28.2 Å². The summed E-state index contributed by atoms with van der Waals surface area (Å²) in [4.78, 5) is 7.27. The van der Waals surface area contributed by atoms with E-state index in [0.717, 1.165) is 37.1 Å². The second-order valence-electron chi connectivity index (χ2n) is 5.58. The van der Waals surface area contributed by atoms with Crippen molar-refractivity contribution in [1.82, 2.24) is 10.3 Å². The largest absolute Gasteiger partial charge is 0.356 e. The van der Waals surface area contributed by atoms with Gasteiger partial charge in [-0.25, -0.2) is 4.98 Å². The molecule has 0 spiro atoms. The Hall–Kier alpha value is -1.09. The lowest BCUT2D eigenvalue weighted by molar-refractivity contribution is 0.692. The molecular weight excluding hydrogens is 234 g/mol. The second-order valence-corrected chi connectivity index (χ2v) is 5.58. The molecule has 1 fully saturated rings. The van der Waals surface area contributed by atoms with E-state index in [0.29, 0.717) is 0 Å². The van der Waals surface area contributed by atoms with E-state index in [9.17, 15) is 0 Å². The number of nitrogens with zero attached hydrogens (tertiary/aromatic N) is 2. The van der Waals surface area contributed by atoms with Crippen LogP contribution in [-0.4, -0.2) is 24.6 Å². The molecule has 0 atom stereocenters. The van der Waals surface area contributed by atoms with Gasteiger partial charge in [0.1, 0.15) is 5.82 Å². The third-order valence-electron chi connectivity index (χ3n) is 3.74. The fraction of sp³-hybridized carbons (Fsp3) is 0.688. The highest BCUT2D eigenvalue weighted by Crippen LogP contribution is 2.31. The quantitative estimate of drug-likeness (QED) is 0.779. The van der Waals surface area contributed by atoms with Crippen LogP contribution in [-0.2, 0) is 6.54 Å². The summed E-state index contributed by atoms with van der Waals surface area (Å²) in [7, 11) is 0. The van der Waals surface area contributed by atoms with E-state index >= 15 is 0 Å². The summed E-state index contributed by atoms with van der Waals surface area (Å²) < 4.78 is 0. The van der Waals surface area contributed by atoms with E-state index in [1.54, 1.807) is 0 Å². The van der Waals surface area contributed by atoms with Gasteiger partial charge in [0.15, 0.2) is 0 Å². The van der Waals surface area contributed by atoms with Crippen LogP contribution in [0, 0.1) is 12.8 Å². The number of rotatable bonds is 8. The summed E-state index contributed by atoms with van der Waals surface area (Å²) in [5.74, 6) is 2.07. The molecule has 1 N–H and O–H groups in total. The van der Waals surface area contributed by atoms with Gasteiger partial charge in [-0.1, -0.05) is 19.9 Å². The second kappa shape index (κ2) is 6.90. The molecule has 1 heterocycles. The van der Waals surface area contributed by atoms with Crippen LogP contribution >= 0.6 is 0 Å². The molecule has 3 heteroatoms. The van der Waals surface area contributed by atoms with Crippen molar-refractivity contribution in [3.8, 4) is 0 Å². The fourth-order valence-electron chi connectivity index (χ4n) is 2.38. The molecule has 106 valence electrons. The van der Waals surface area contributed by atoms with Gasteiger partial charge in [-0.05, 0) is 50.3 Å². The predicted molar refractivity (Wildman–Crippen MR) is 81.6 cm³/mol. The van der Waals surface area contributed by atoms with Gasteiger partial charge in [0.25, 0.3) is 0 Å². The molecule has 0 amide bonds. The molecule has 0 saturated heterocycles. The van der Waals surface area contributed by atoms with Crippen LogP contribution in [0.4, 0.5) is 5.82 Å². The standard InChI is InChI=1S/C16H27N3/c1-4-10-19(12-14-6-7-14)16-9-8-15(11-17-5-2)13(3)18-16/h8-9,14,17H,4-7,10-12H2,1-3H3. The maximum Gasteiger partial charge on any atom is 0.128 e. The molecule has 1 aromatic heterocycles. The van der Waals surface area contributed by atoms with Gasteiger partial charge in [0.05, 0.1) is 0 Å². The van der Waals surface area contributed by atoms with Crippen molar-refractivity contribution in [2.75, 3.05) is 24.5 Å². The summed E-state index contributed by atoms with van der Waals surface area (Å²) >= 11 is 0. The van der Waals surface area contributed by atoms with Gasteiger partial charge in [-0.15, -0.1) is 0 Å². The Bertz CT molecular complexity index is 399. The zero-order chi connectivity index (χ0) is 13.7. The lowest BCUT2D eigenvalue weighted by Gasteiger charge is -2.24. The molecule has 0 aliphatic heterocycles. The number of anilines is 1. The van der Waals surface area contributed by atoms with E-state index < -0.39 is 0 Å². The summed E-state index contributed by atoms with van der Waals surface area (Å²) in [5.41, 5.74) is 2.48. The zero-order valence-electron chi connectivity index (χ0n) is 12.6. The summed E-state index contributed by atoms with van der Waals surface area (Å²) in [6, 6.07) is 4.42.